The second kappa shape index (κ2) is 6.86. The van der Waals surface area contributed by atoms with E-state index < -0.39 is 0 Å². The number of methoxy groups -OCH3 is 1. The lowest BCUT2D eigenvalue weighted by molar-refractivity contribution is -0.133. The average Bonchev–Trinajstić information content (AvgIpc) is 2.74. The second-order valence-electron chi connectivity index (χ2n) is 4.60. The van der Waals surface area contributed by atoms with Gasteiger partial charge in [-0.25, -0.2) is 0 Å². The lowest BCUT2D eigenvalue weighted by Crippen LogP contribution is -2.38. The van der Waals surface area contributed by atoms with Gasteiger partial charge in [0.2, 0.25) is 5.91 Å². The highest BCUT2D eigenvalue weighted by Gasteiger charge is 2.28. The molecular formula is C12H24N2O2. The Morgan fingerprint density at radius 1 is 1.62 bits per heavy atom. The summed E-state index contributed by atoms with van der Waals surface area (Å²) in [5.41, 5.74) is 0. The normalized spacial score (nSPS) is 22.4. The summed E-state index contributed by atoms with van der Waals surface area (Å²) in [6.07, 6.45) is 1.08. The molecule has 1 heterocycles. The van der Waals surface area contributed by atoms with E-state index in [0.717, 1.165) is 39.2 Å². The number of carbonyl (C=O) groups is 1. The van der Waals surface area contributed by atoms with Crippen molar-refractivity contribution in [2.45, 2.75) is 20.3 Å². The SMILES string of the molecule is CCNCC(C)C(=O)N1CCC(COC)C1. The molecule has 0 aromatic carbocycles. The molecule has 1 aliphatic rings. The summed E-state index contributed by atoms with van der Waals surface area (Å²) in [4.78, 5) is 14.0. The van der Waals surface area contributed by atoms with Crippen LogP contribution in [0, 0.1) is 11.8 Å². The molecule has 1 saturated heterocycles. The second-order valence-corrected chi connectivity index (χ2v) is 4.60. The van der Waals surface area contributed by atoms with Crippen molar-refractivity contribution >= 4 is 5.91 Å². The van der Waals surface area contributed by atoms with Crippen molar-refractivity contribution in [3.8, 4) is 0 Å². The zero-order valence-electron chi connectivity index (χ0n) is 10.7. The fourth-order valence-corrected chi connectivity index (χ4v) is 2.16. The smallest absolute Gasteiger partial charge is 0.226 e. The molecule has 0 aromatic heterocycles. The lowest BCUT2D eigenvalue weighted by Gasteiger charge is -2.21. The van der Waals surface area contributed by atoms with Crippen LogP contribution in [-0.4, -0.2) is 50.7 Å². The Labute approximate surface area is 98.3 Å². The molecule has 0 saturated carbocycles. The van der Waals surface area contributed by atoms with Crippen LogP contribution in [0.15, 0.2) is 0 Å². The van der Waals surface area contributed by atoms with E-state index in [2.05, 4.69) is 12.2 Å². The summed E-state index contributed by atoms with van der Waals surface area (Å²) >= 11 is 0. The van der Waals surface area contributed by atoms with E-state index in [4.69, 9.17) is 4.74 Å². The fraction of sp³-hybridized carbons (Fsp3) is 0.917. The molecule has 0 spiro atoms. The third-order valence-electron chi connectivity index (χ3n) is 3.12. The minimum Gasteiger partial charge on any atom is -0.384 e. The van der Waals surface area contributed by atoms with Crippen LogP contribution in [0.3, 0.4) is 0 Å². The molecule has 4 nitrogen and oxygen atoms in total. The summed E-state index contributed by atoms with van der Waals surface area (Å²) in [7, 11) is 1.72. The van der Waals surface area contributed by atoms with Gasteiger partial charge in [0.25, 0.3) is 0 Å². The third-order valence-corrected chi connectivity index (χ3v) is 3.12. The van der Waals surface area contributed by atoms with Gasteiger partial charge in [-0.3, -0.25) is 4.79 Å². The zero-order valence-corrected chi connectivity index (χ0v) is 10.7. The van der Waals surface area contributed by atoms with Crippen molar-refractivity contribution in [3.63, 3.8) is 0 Å². The fourth-order valence-electron chi connectivity index (χ4n) is 2.16. The standard InChI is InChI=1S/C12H24N2O2/c1-4-13-7-10(2)12(15)14-6-5-11(8-14)9-16-3/h10-11,13H,4-9H2,1-3H3. The molecular weight excluding hydrogens is 204 g/mol. The van der Waals surface area contributed by atoms with Crippen molar-refractivity contribution in [2.75, 3.05) is 39.9 Å². The molecule has 1 amide bonds. The molecule has 4 heteroatoms. The van der Waals surface area contributed by atoms with Gasteiger partial charge < -0.3 is 15.0 Å². The molecule has 2 atom stereocenters. The van der Waals surface area contributed by atoms with Gasteiger partial charge in [-0.05, 0) is 13.0 Å². The van der Waals surface area contributed by atoms with Crippen LogP contribution >= 0.6 is 0 Å². The van der Waals surface area contributed by atoms with E-state index >= 15 is 0 Å². The Hall–Kier alpha value is -0.610. The first-order chi connectivity index (χ1) is 7.69. The van der Waals surface area contributed by atoms with Crippen molar-refractivity contribution in [1.82, 2.24) is 10.2 Å². The first kappa shape index (κ1) is 13.5. The van der Waals surface area contributed by atoms with Gasteiger partial charge in [-0.15, -0.1) is 0 Å². The molecule has 0 aromatic rings. The topological polar surface area (TPSA) is 41.6 Å². The Bertz CT molecular complexity index is 221. The summed E-state index contributed by atoms with van der Waals surface area (Å²) in [5, 5.41) is 3.22. The maximum absolute atomic E-state index is 12.0. The molecule has 1 fully saturated rings. The number of hydrogen-bond acceptors (Lipinski definition) is 3. The number of nitrogens with zero attached hydrogens (tertiary/aromatic N) is 1. The number of nitrogens with one attached hydrogen (secondary N) is 1. The molecule has 0 bridgehead atoms. The lowest BCUT2D eigenvalue weighted by atomic mass is 10.1. The Balaban J connectivity index is 2.32. The summed E-state index contributed by atoms with van der Waals surface area (Å²) < 4.78 is 5.13. The van der Waals surface area contributed by atoms with Crippen molar-refractivity contribution in [1.29, 1.82) is 0 Å². The van der Waals surface area contributed by atoms with Crippen LogP contribution in [0.2, 0.25) is 0 Å². The highest BCUT2D eigenvalue weighted by atomic mass is 16.5. The van der Waals surface area contributed by atoms with E-state index in [1.807, 2.05) is 11.8 Å². The summed E-state index contributed by atoms with van der Waals surface area (Å²) in [5.74, 6) is 0.890. The van der Waals surface area contributed by atoms with E-state index in [0.29, 0.717) is 5.92 Å². The third kappa shape index (κ3) is 3.76. The van der Waals surface area contributed by atoms with Crippen LogP contribution in [0.5, 0.6) is 0 Å². The number of likely N-dealkylation sites (tertiary alicyclic amines) is 1. The Morgan fingerprint density at radius 3 is 3.00 bits per heavy atom. The maximum atomic E-state index is 12.0. The Kier molecular flexibility index (Phi) is 5.77. The molecule has 1 rings (SSSR count). The van der Waals surface area contributed by atoms with E-state index in [1.54, 1.807) is 7.11 Å². The van der Waals surface area contributed by atoms with Crippen molar-refractivity contribution in [3.05, 3.63) is 0 Å². The van der Waals surface area contributed by atoms with Gasteiger partial charge in [0.1, 0.15) is 0 Å². The van der Waals surface area contributed by atoms with Crippen molar-refractivity contribution in [2.24, 2.45) is 11.8 Å². The highest BCUT2D eigenvalue weighted by Crippen LogP contribution is 2.18. The number of carbonyl (C=O) groups excluding carboxylic acids is 1. The van der Waals surface area contributed by atoms with Gasteiger partial charge >= 0.3 is 0 Å². The highest BCUT2D eigenvalue weighted by molar-refractivity contribution is 5.79. The van der Waals surface area contributed by atoms with Crippen molar-refractivity contribution < 1.29 is 9.53 Å². The minimum absolute atomic E-state index is 0.0845. The van der Waals surface area contributed by atoms with Gasteiger partial charge in [0, 0.05) is 38.6 Å². The van der Waals surface area contributed by atoms with Gasteiger partial charge in [-0.1, -0.05) is 13.8 Å². The molecule has 1 N–H and O–H groups in total. The minimum atomic E-state index is 0.0845. The Morgan fingerprint density at radius 2 is 2.38 bits per heavy atom. The van der Waals surface area contributed by atoms with Gasteiger partial charge in [-0.2, -0.15) is 0 Å². The molecule has 16 heavy (non-hydrogen) atoms. The summed E-state index contributed by atoms with van der Waals surface area (Å²) in [6, 6.07) is 0. The number of ether oxygens (including phenoxy) is 1. The maximum Gasteiger partial charge on any atom is 0.226 e. The first-order valence-corrected chi connectivity index (χ1v) is 6.17. The van der Waals surface area contributed by atoms with Gasteiger partial charge in [0.05, 0.1) is 6.61 Å². The molecule has 0 radical (unpaired) electrons. The molecule has 94 valence electrons. The predicted molar refractivity (Wildman–Crippen MR) is 64.3 cm³/mol. The molecule has 1 aliphatic heterocycles. The number of hydrogen-bond donors (Lipinski definition) is 1. The predicted octanol–water partition coefficient (Wildman–Crippen LogP) is 0.727. The zero-order chi connectivity index (χ0) is 12.0. The van der Waals surface area contributed by atoms with Crippen LogP contribution in [0.1, 0.15) is 20.3 Å². The monoisotopic (exact) mass is 228 g/mol. The largest absolute Gasteiger partial charge is 0.384 e. The number of amides is 1. The number of rotatable bonds is 6. The van der Waals surface area contributed by atoms with Crippen LogP contribution in [-0.2, 0) is 9.53 Å². The van der Waals surface area contributed by atoms with Crippen LogP contribution in [0.4, 0.5) is 0 Å². The van der Waals surface area contributed by atoms with Crippen LogP contribution in [0.25, 0.3) is 0 Å². The van der Waals surface area contributed by atoms with Gasteiger partial charge in [0.15, 0.2) is 0 Å². The van der Waals surface area contributed by atoms with E-state index in [9.17, 15) is 4.79 Å². The average molecular weight is 228 g/mol. The summed E-state index contributed by atoms with van der Waals surface area (Å²) in [6.45, 7) is 8.28. The first-order valence-electron chi connectivity index (χ1n) is 6.17. The van der Waals surface area contributed by atoms with E-state index in [1.165, 1.54) is 0 Å². The molecule has 2 unspecified atom stereocenters. The quantitative estimate of drug-likeness (QED) is 0.728. The van der Waals surface area contributed by atoms with Crippen LogP contribution < -0.4 is 5.32 Å². The molecule has 0 aliphatic carbocycles. The van der Waals surface area contributed by atoms with E-state index in [-0.39, 0.29) is 11.8 Å².